The average molecular weight is 288 g/mol. The van der Waals surface area contributed by atoms with Gasteiger partial charge in [-0.2, -0.15) is 0 Å². The van der Waals surface area contributed by atoms with Crippen LogP contribution in [0.4, 0.5) is 0 Å². The van der Waals surface area contributed by atoms with Crippen LogP contribution in [0.15, 0.2) is 48.5 Å². The van der Waals surface area contributed by atoms with Crippen molar-refractivity contribution in [1.82, 2.24) is 0 Å². The lowest BCUT2D eigenvalue weighted by Crippen LogP contribution is -2.34. The van der Waals surface area contributed by atoms with Crippen molar-refractivity contribution < 1.29 is 4.74 Å². The Morgan fingerprint density at radius 2 is 1.90 bits per heavy atom. The lowest BCUT2D eigenvalue weighted by molar-refractivity contribution is 0.254. The fourth-order valence-electron chi connectivity index (χ4n) is 2.85. The number of para-hydroxylation sites is 1. The van der Waals surface area contributed by atoms with Crippen LogP contribution in [0, 0.1) is 0 Å². The minimum atomic E-state index is 0.0984. The number of hydrogen-bond acceptors (Lipinski definition) is 2. The Labute approximate surface area is 124 Å². The van der Waals surface area contributed by atoms with Crippen molar-refractivity contribution in [3.63, 3.8) is 0 Å². The number of rotatable bonds is 3. The molecule has 0 spiro atoms. The number of fused-ring (bicyclic) bond motifs is 1. The molecule has 20 heavy (non-hydrogen) atoms. The van der Waals surface area contributed by atoms with Gasteiger partial charge in [-0.15, -0.1) is 0 Å². The molecule has 0 saturated heterocycles. The first-order valence-electron chi connectivity index (χ1n) is 6.96. The number of nitrogens with two attached hydrogens (primary N) is 1. The van der Waals surface area contributed by atoms with Gasteiger partial charge in [0.1, 0.15) is 5.75 Å². The van der Waals surface area contributed by atoms with Crippen LogP contribution in [-0.4, -0.2) is 12.6 Å². The van der Waals surface area contributed by atoms with Crippen LogP contribution in [0.25, 0.3) is 0 Å². The van der Waals surface area contributed by atoms with Gasteiger partial charge in [-0.05, 0) is 42.2 Å². The highest BCUT2D eigenvalue weighted by atomic mass is 35.5. The summed E-state index contributed by atoms with van der Waals surface area (Å²) in [6, 6.07) is 16.2. The van der Waals surface area contributed by atoms with Crippen LogP contribution in [0.2, 0.25) is 5.02 Å². The second-order valence-electron chi connectivity index (χ2n) is 5.28. The Morgan fingerprint density at radius 1 is 1.15 bits per heavy atom. The van der Waals surface area contributed by atoms with Crippen molar-refractivity contribution in [2.75, 3.05) is 6.61 Å². The van der Waals surface area contributed by atoms with Gasteiger partial charge >= 0.3 is 0 Å². The number of halogens is 1. The molecule has 2 atom stereocenters. The van der Waals surface area contributed by atoms with Crippen LogP contribution >= 0.6 is 11.6 Å². The third-order valence-electron chi connectivity index (χ3n) is 3.91. The first-order valence-corrected chi connectivity index (χ1v) is 7.33. The molecule has 3 heteroatoms. The molecule has 3 rings (SSSR count). The molecule has 0 aromatic heterocycles. The Balaban J connectivity index is 1.78. The lowest BCUT2D eigenvalue weighted by atomic mass is 9.84. The molecule has 0 radical (unpaired) electrons. The first-order chi connectivity index (χ1) is 9.74. The number of benzene rings is 2. The summed E-state index contributed by atoms with van der Waals surface area (Å²) in [6.07, 6.45) is 1.84. The molecule has 2 aromatic rings. The molecule has 2 unspecified atom stereocenters. The Bertz CT molecular complexity index is 582. The summed E-state index contributed by atoms with van der Waals surface area (Å²) in [5.41, 5.74) is 8.91. The summed E-state index contributed by atoms with van der Waals surface area (Å²) < 4.78 is 5.70. The molecule has 0 aliphatic carbocycles. The SMILES string of the molecule is NC(Cc1ccc(Cl)cc1)C1CCOc2ccccc21. The predicted molar refractivity (Wildman–Crippen MR) is 82.4 cm³/mol. The van der Waals surface area contributed by atoms with E-state index in [1.165, 1.54) is 11.1 Å². The van der Waals surface area contributed by atoms with E-state index >= 15 is 0 Å². The minimum absolute atomic E-state index is 0.0984. The third-order valence-corrected chi connectivity index (χ3v) is 4.16. The Morgan fingerprint density at radius 3 is 2.70 bits per heavy atom. The molecule has 104 valence electrons. The van der Waals surface area contributed by atoms with E-state index in [4.69, 9.17) is 22.1 Å². The molecule has 1 aliphatic rings. The predicted octanol–water partition coefficient (Wildman–Crippen LogP) is 3.78. The molecule has 0 fully saturated rings. The summed E-state index contributed by atoms with van der Waals surface area (Å²) >= 11 is 5.92. The maximum Gasteiger partial charge on any atom is 0.122 e. The monoisotopic (exact) mass is 287 g/mol. The maximum atomic E-state index is 6.44. The van der Waals surface area contributed by atoms with Crippen LogP contribution in [0.5, 0.6) is 5.75 Å². The highest BCUT2D eigenvalue weighted by molar-refractivity contribution is 6.30. The van der Waals surface area contributed by atoms with E-state index < -0.39 is 0 Å². The summed E-state index contributed by atoms with van der Waals surface area (Å²) in [7, 11) is 0. The fourth-order valence-corrected chi connectivity index (χ4v) is 2.98. The second kappa shape index (κ2) is 5.86. The van der Waals surface area contributed by atoms with Crippen LogP contribution in [0.1, 0.15) is 23.5 Å². The average Bonchev–Trinajstić information content (AvgIpc) is 2.49. The van der Waals surface area contributed by atoms with Crippen LogP contribution < -0.4 is 10.5 Å². The van der Waals surface area contributed by atoms with Gasteiger partial charge in [-0.1, -0.05) is 41.9 Å². The summed E-state index contributed by atoms with van der Waals surface area (Å²) in [5.74, 6) is 1.34. The Hall–Kier alpha value is -1.51. The quantitative estimate of drug-likeness (QED) is 0.932. The Kier molecular flexibility index (Phi) is 3.95. The molecule has 0 amide bonds. The van der Waals surface area contributed by atoms with Gasteiger partial charge in [0.25, 0.3) is 0 Å². The largest absolute Gasteiger partial charge is 0.493 e. The lowest BCUT2D eigenvalue weighted by Gasteiger charge is -2.30. The smallest absolute Gasteiger partial charge is 0.122 e. The molecular formula is C17H18ClNO. The van der Waals surface area contributed by atoms with Gasteiger partial charge in [0.2, 0.25) is 0 Å². The van der Waals surface area contributed by atoms with Crippen LogP contribution in [0.3, 0.4) is 0 Å². The molecule has 1 heterocycles. The summed E-state index contributed by atoms with van der Waals surface area (Å²) in [6.45, 7) is 0.746. The molecule has 0 bridgehead atoms. The van der Waals surface area contributed by atoms with Gasteiger partial charge in [0.15, 0.2) is 0 Å². The molecule has 2 aromatic carbocycles. The van der Waals surface area contributed by atoms with E-state index in [0.717, 1.165) is 30.2 Å². The standard InChI is InChI=1S/C17H18ClNO/c18-13-7-5-12(6-8-13)11-16(19)14-9-10-20-17-4-2-1-3-15(14)17/h1-8,14,16H,9-11,19H2. The summed E-state index contributed by atoms with van der Waals surface area (Å²) in [5, 5.41) is 0.763. The first kappa shape index (κ1) is 13.5. The molecular weight excluding hydrogens is 270 g/mol. The van der Waals surface area contributed by atoms with Crippen LogP contribution in [-0.2, 0) is 6.42 Å². The normalized spacial score (nSPS) is 19.0. The summed E-state index contributed by atoms with van der Waals surface area (Å²) in [4.78, 5) is 0. The van der Waals surface area contributed by atoms with Crippen molar-refractivity contribution in [3.8, 4) is 5.75 Å². The zero-order valence-corrected chi connectivity index (χ0v) is 12.0. The zero-order valence-electron chi connectivity index (χ0n) is 11.3. The van der Waals surface area contributed by atoms with Crippen molar-refractivity contribution in [1.29, 1.82) is 0 Å². The maximum absolute atomic E-state index is 6.44. The third kappa shape index (κ3) is 2.82. The molecule has 2 N–H and O–H groups in total. The van der Waals surface area contributed by atoms with Gasteiger partial charge < -0.3 is 10.5 Å². The number of hydrogen-bond donors (Lipinski definition) is 1. The van der Waals surface area contributed by atoms with Gasteiger partial charge in [-0.25, -0.2) is 0 Å². The van der Waals surface area contributed by atoms with Crippen molar-refractivity contribution in [2.45, 2.75) is 24.8 Å². The highest BCUT2D eigenvalue weighted by Gasteiger charge is 2.26. The highest BCUT2D eigenvalue weighted by Crippen LogP contribution is 2.35. The van der Waals surface area contributed by atoms with E-state index in [-0.39, 0.29) is 6.04 Å². The van der Waals surface area contributed by atoms with E-state index in [0.29, 0.717) is 5.92 Å². The molecule has 2 nitrogen and oxygen atoms in total. The van der Waals surface area contributed by atoms with Gasteiger partial charge in [-0.3, -0.25) is 0 Å². The second-order valence-corrected chi connectivity index (χ2v) is 5.71. The molecule has 0 saturated carbocycles. The zero-order chi connectivity index (χ0) is 13.9. The van der Waals surface area contributed by atoms with E-state index in [1.54, 1.807) is 0 Å². The van der Waals surface area contributed by atoms with E-state index in [1.807, 2.05) is 36.4 Å². The van der Waals surface area contributed by atoms with E-state index in [2.05, 4.69) is 12.1 Å². The van der Waals surface area contributed by atoms with Crippen molar-refractivity contribution >= 4 is 11.6 Å². The van der Waals surface area contributed by atoms with Gasteiger partial charge in [0.05, 0.1) is 6.61 Å². The minimum Gasteiger partial charge on any atom is -0.493 e. The van der Waals surface area contributed by atoms with E-state index in [9.17, 15) is 0 Å². The van der Waals surface area contributed by atoms with Crippen molar-refractivity contribution in [3.05, 3.63) is 64.7 Å². The van der Waals surface area contributed by atoms with Crippen molar-refractivity contribution in [2.24, 2.45) is 5.73 Å². The topological polar surface area (TPSA) is 35.2 Å². The van der Waals surface area contributed by atoms with Gasteiger partial charge in [0, 0.05) is 17.0 Å². The molecule has 1 aliphatic heterocycles. The fraction of sp³-hybridized carbons (Fsp3) is 0.294. The number of ether oxygens (including phenoxy) is 1.